The Morgan fingerprint density at radius 1 is 1.44 bits per heavy atom. The Balaban J connectivity index is 4.91. The van der Waals surface area contributed by atoms with Crippen LogP contribution in [0.2, 0.25) is 0 Å². The lowest BCUT2D eigenvalue weighted by Gasteiger charge is -2.25. The van der Waals surface area contributed by atoms with Gasteiger partial charge < -0.3 is 4.74 Å². The fourth-order valence-corrected chi connectivity index (χ4v) is 2.82. The predicted molar refractivity (Wildman–Crippen MR) is 63.9 cm³/mol. The number of allylic oxidation sites excluding steroid dienone is 1. The van der Waals surface area contributed by atoms with Crippen LogP contribution in [0.25, 0.3) is 0 Å². The number of ether oxygens (including phenoxy) is 1. The molecule has 0 rings (SSSR count). The minimum absolute atomic E-state index is 0.110. The molecule has 0 amide bonds. The first kappa shape index (κ1) is 15.2. The lowest BCUT2D eigenvalue weighted by molar-refractivity contribution is -0.140. The van der Waals surface area contributed by atoms with Crippen LogP contribution in [-0.4, -0.2) is 31.0 Å². The molecular weight excluding hydrogens is 228 g/mol. The molecule has 0 aromatic heterocycles. The van der Waals surface area contributed by atoms with E-state index in [9.17, 15) is 13.2 Å². The summed E-state index contributed by atoms with van der Waals surface area (Å²) in [4.78, 5) is 10.7. The van der Waals surface area contributed by atoms with Gasteiger partial charge >= 0.3 is 5.97 Å². The summed E-state index contributed by atoms with van der Waals surface area (Å²) in [6, 6.07) is 0. The van der Waals surface area contributed by atoms with Crippen molar-refractivity contribution in [2.75, 3.05) is 6.61 Å². The van der Waals surface area contributed by atoms with Crippen LogP contribution in [0.15, 0.2) is 12.7 Å². The molecule has 94 valence electrons. The van der Waals surface area contributed by atoms with Crippen molar-refractivity contribution >= 4 is 15.8 Å². The maximum atomic E-state index is 12.1. The van der Waals surface area contributed by atoms with E-state index in [1.807, 2.05) is 0 Å². The molecule has 0 aromatic carbocycles. The smallest absolute Gasteiger partial charge is 0.302 e. The minimum atomic E-state index is -3.34. The molecule has 0 saturated heterocycles. The average Bonchev–Trinajstić information content (AvgIpc) is 2.09. The molecule has 5 heteroatoms. The second-order valence-corrected chi connectivity index (χ2v) is 7.59. The first-order valence-corrected chi connectivity index (χ1v) is 6.65. The van der Waals surface area contributed by atoms with Gasteiger partial charge in [0, 0.05) is 6.92 Å². The standard InChI is InChI=1S/C11H20O4S/c1-6-7-10(8-15-9(2)12)16(13,14)11(3,4)5/h6,10H,1,7-8H2,2-5H3/t10-/m0/s1. The first-order chi connectivity index (χ1) is 7.13. The second-order valence-electron chi connectivity index (χ2n) is 4.61. The molecule has 0 N–H and O–H groups in total. The van der Waals surface area contributed by atoms with Crippen LogP contribution in [0.4, 0.5) is 0 Å². The van der Waals surface area contributed by atoms with Gasteiger partial charge in [-0.15, -0.1) is 6.58 Å². The van der Waals surface area contributed by atoms with Crippen molar-refractivity contribution in [3.63, 3.8) is 0 Å². The third-order valence-corrected chi connectivity index (χ3v) is 5.11. The third kappa shape index (κ3) is 3.96. The van der Waals surface area contributed by atoms with Crippen molar-refractivity contribution < 1.29 is 17.9 Å². The van der Waals surface area contributed by atoms with E-state index in [1.54, 1.807) is 20.8 Å². The van der Waals surface area contributed by atoms with Crippen molar-refractivity contribution in [1.29, 1.82) is 0 Å². The van der Waals surface area contributed by atoms with Crippen molar-refractivity contribution in [3.8, 4) is 0 Å². The van der Waals surface area contributed by atoms with Gasteiger partial charge in [-0.2, -0.15) is 0 Å². The SMILES string of the molecule is C=CC[C@@H](COC(C)=O)S(=O)(=O)C(C)(C)C. The Bertz CT molecular complexity index is 349. The Kier molecular flexibility index (Phi) is 5.19. The zero-order valence-electron chi connectivity index (χ0n) is 10.3. The van der Waals surface area contributed by atoms with Crippen LogP contribution >= 0.6 is 0 Å². The average molecular weight is 248 g/mol. The van der Waals surface area contributed by atoms with E-state index in [4.69, 9.17) is 4.74 Å². The lowest BCUT2D eigenvalue weighted by Crippen LogP contribution is -2.39. The quantitative estimate of drug-likeness (QED) is 0.549. The number of hydrogen-bond donors (Lipinski definition) is 0. The Labute approximate surface area is 97.6 Å². The number of rotatable bonds is 5. The van der Waals surface area contributed by atoms with Gasteiger partial charge in [0.25, 0.3) is 0 Å². The number of carbonyl (C=O) groups excluding carboxylic acids is 1. The van der Waals surface area contributed by atoms with Crippen LogP contribution in [0.1, 0.15) is 34.1 Å². The fraction of sp³-hybridized carbons (Fsp3) is 0.727. The highest BCUT2D eigenvalue weighted by molar-refractivity contribution is 7.93. The molecule has 0 aliphatic rings. The molecule has 0 fully saturated rings. The van der Waals surface area contributed by atoms with Gasteiger partial charge in [0.15, 0.2) is 9.84 Å². The Morgan fingerprint density at radius 3 is 2.25 bits per heavy atom. The number of carbonyl (C=O) groups is 1. The molecule has 0 aromatic rings. The molecule has 0 aliphatic heterocycles. The molecule has 0 radical (unpaired) electrons. The van der Waals surface area contributed by atoms with E-state index in [0.717, 1.165) is 0 Å². The van der Waals surface area contributed by atoms with Crippen molar-refractivity contribution in [2.24, 2.45) is 0 Å². The number of esters is 1. The molecule has 0 spiro atoms. The molecule has 0 unspecified atom stereocenters. The van der Waals surface area contributed by atoms with E-state index >= 15 is 0 Å². The van der Waals surface area contributed by atoms with E-state index in [2.05, 4.69) is 6.58 Å². The van der Waals surface area contributed by atoms with Crippen molar-refractivity contribution in [1.82, 2.24) is 0 Å². The molecule has 1 atom stereocenters. The maximum Gasteiger partial charge on any atom is 0.302 e. The van der Waals surface area contributed by atoms with Crippen molar-refractivity contribution in [3.05, 3.63) is 12.7 Å². The summed E-state index contributed by atoms with van der Waals surface area (Å²) in [6.45, 7) is 9.56. The molecular formula is C11H20O4S. The number of sulfone groups is 1. The Morgan fingerprint density at radius 2 is 1.94 bits per heavy atom. The summed E-state index contributed by atoms with van der Waals surface area (Å²) in [5.41, 5.74) is 0. The van der Waals surface area contributed by atoms with E-state index < -0.39 is 25.8 Å². The van der Waals surface area contributed by atoms with Gasteiger partial charge in [0.05, 0.1) is 10.00 Å². The van der Waals surface area contributed by atoms with Crippen LogP contribution < -0.4 is 0 Å². The summed E-state index contributed by atoms with van der Waals surface area (Å²) < 4.78 is 28.1. The van der Waals surface area contributed by atoms with Gasteiger partial charge in [-0.3, -0.25) is 4.79 Å². The highest BCUT2D eigenvalue weighted by Gasteiger charge is 2.36. The summed E-state index contributed by atoms with van der Waals surface area (Å²) in [5, 5.41) is -0.714. The van der Waals surface area contributed by atoms with E-state index in [-0.39, 0.29) is 13.0 Å². The topological polar surface area (TPSA) is 60.4 Å². The number of hydrogen-bond acceptors (Lipinski definition) is 4. The molecule has 0 aliphatic carbocycles. The zero-order valence-corrected chi connectivity index (χ0v) is 11.1. The van der Waals surface area contributed by atoms with Gasteiger partial charge in [-0.1, -0.05) is 6.08 Å². The van der Waals surface area contributed by atoms with Gasteiger partial charge in [-0.05, 0) is 27.2 Å². The first-order valence-electron chi connectivity index (χ1n) is 5.10. The normalized spacial score (nSPS) is 14.2. The summed E-state index contributed by atoms with van der Waals surface area (Å²) in [7, 11) is -3.34. The minimum Gasteiger partial charge on any atom is -0.464 e. The van der Waals surface area contributed by atoms with Crippen LogP contribution in [0.5, 0.6) is 0 Å². The largest absolute Gasteiger partial charge is 0.464 e. The van der Waals surface area contributed by atoms with E-state index in [0.29, 0.717) is 0 Å². The molecule has 0 saturated carbocycles. The zero-order chi connectivity index (χ0) is 13.0. The maximum absolute atomic E-state index is 12.1. The second kappa shape index (κ2) is 5.48. The summed E-state index contributed by atoms with van der Waals surface area (Å²) in [5.74, 6) is -0.474. The highest BCUT2D eigenvalue weighted by Crippen LogP contribution is 2.23. The molecule has 16 heavy (non-hydrogen) atoms. The van der Waals surface area contributed by atoms with Gasteiger partial charge in [-0.25, -0.2) is 8.42 Å². The lowest BCUT2D eigenvalue weighted by atomic mass is 10.2. The molecule has 0 bridgehead atoms. The van der Waals surface area contributed by atoms with Gasteiger partial charge in [0.2, 0.25) is 0 Å². The highest BCUT2D eigenvalue weighted by atomic mass is 32.2. The van der Waals surface area contributed by atoms with Crippen molar-refractivity contribution in [2.45, 2.75) is 44.1 Å². The van der Waals surface area contributed by atoms with Crippen LogP contribution in [0, 0.1) is 0 Å². The fourth-order valence-electron chi connectivity index (χ4n) is 1.18. The molecule has 0 heterocycles. The summed E-state index contributed by atoms with van der Waals surface area (Å²) >= 11 is 0. The van der Waals surface area contributed by atoms with Crippen LogP contribution in [-0.2, 0) is 19.4 Å². The predicted octanol–water partition coefficient (Wildman–Crippen LogP) is 1.71. The van der Waals surface area contributed by atoms with E-state index in [1.165, 1.54) is 13.0 Å². The monoisotopic (exact) mass is 248 g/mol. The summed E-state index contributed by atoms with van der Waals surface area (Å²) in [6.07, 6.45) is 1.81. The Hall–Kier alpha value is -0.840. The third-order valence-electron chi connectivity index (χ3n) is 2.19. The van der Waals surface area contributed by atoms with Crippen LogP contribution in [0.3, 0.4) is 0 Å². The molecule has 4 nitrogen and oxygen atoms in total. The van der Waals surface area contributed by atoms with Gasteiger partial charge in [0.1, 0.15) is 6.61 Å².